The summed E-state index contributed by atoms with van der Waals surface area (Å²) in [7, 11) is 0. The number of fused-ring (bicyclic) bond motifs is 7. The summed E-state index contributed by atoms with van der Waals surface area (Å²) in [6.45, 7) is 0.659. The summed E-state index contributed by atoms with van der Waals surface area (Å²) in [5.41, 5.74) is 5.95. The van der Waals surface area contributed by atoms with Crippen molar-refractivity contribution >= 4 is 35.0 Å². The van der Waals surface area contributed by atoms with Crippen molar-refractivity contribution in [2.45, 2.75) is 37.0 Å². The lowest BCUT2D eigenvalue weighted by atomic mass is 9.68. The average molecular weight is 503 g/mol. The molecule has 1 aliphatic heterocycles. The fraction of sp³-hybridized carbons (Fsp3) is 0.367. The SMILES string of the molecule is O=C(NCCSCc1cccc(Cl)c1)c1ccc2c(c1)[C@@H]1[C@H]3CC[C@@H](C3)[C@H]1[C@H](c1ccccc1)N2. The maximum atomic E-state index is 13.0. The Morgan fingerprint density at radius 2 is 1.86 bits per heavy atom. The molecule has 5 atom stereocenters. The Hall–Kier alpha value is -2.43. The van der Waals surface area contributed by atoms with Crippen LogP contribution in [0.25, 0.3) is 0 Å². The monoisotopic (exact) mass is 502 g/mol. The van der Waals surface area contributed by atoms with Crippen LogP contribution in [0.5, 0.6) is 0 Å². The minimum Gasteiger partial charge on any atom is -0.378 e. The fourth-order valence-electron chi connectivity index (χ4n) is 6.77. The molecule has 0 saturated heterocycles. The summed E-state index contributed by atoms with van der Waals surface area (Å²) in [4.78, 5) is 13.0. The van der Waals surface area contributed by atoms with E-state index in [-0.39, 0.29) is 5.91 Å². The van der Waals surface area contributed by atoms with Gasteiger partial charge in [-0.3, -0.25) is 4.79 Å². The molecule has 2 aliphatic carbocycles. The summed E-state index contributed by atoms with van der Waals surface area (Å²) >= 11 is 7.88. The van der Waals surface area contributed by atoms with Crippen LogP contribution in [0.4, 0.5) is 5.69 Å². The summed E-state index contributed by atoms with van der Waals surface area (Å²) in [6.07, 6.45) is 4.01. The molecule has 180 valence electrons. The minimum atomic E-state index is 0.0287. The maximum Gasteiger partial charge on any atom is 0.251 e. The maximum absolute atomic E-state index is 13.0. The van der Waals surface area contributed by atoms with Crippen molar-refractivity contribution < 1.29 is 4.79 Å². The lowest BCUT2D eigenvalue weighted by Gasteiger charge is -2.43. The second-order valence-electron chi connectivity index (χ2n) is 10.2. The zero-order valence-corrected chi connectivity index (χ0v) is 21.3. The van der Waals surface area contributed by atoms with Gasteiger partial charge in [-0.2, -0.15) is 11.8 Å². The van der Waals surface area contributed by atoms with E-state index in [4.69, 9.17) is 11.6 Å². The van der Waals surface area contributed by atoms with Crippen LogP contribution in [0.15, 0.2) is 72.8 Å². The lowest BCUT2D eigenvalue weighted by molar-refractivity contribution is 0.0956. The molecule has 2 N–H and O–H groups in total. The molecule has 2 fully saturated rings. The minimum absolute atomic E-state index is 0.0287. The molecular weight excluding hydrogens is 472 g/mol. The van der Waals surface area contributed by atoms with Crippen molar-refractivity contribution in [1.82, 2.24) is 5.32 Å². The molecule has 6 rings (SSSR count). The van der Waals surface area contributed by atoms with Crippen molar-refractivity contribution in [2.24, 2.45) is 17.8 Å². The molecule has 2 bridgehead atoms. The highest BCUT2D eigenvalue weighted by Gasteiger charge is 2.53. The van der Waals surface area contributed by atoms with E-state index in [0.717, 1.165) is 33.9 Å². The number of hydrogen-bond acceptors (Lipinski definition) is 3. The number of nitrogens with one attached hydrogen (secondary N) is 2. The van der Waals surface area contributed by atoms with Crippen molar-refractivity contribution in [1.29, 1.82) is 0 Å². The van der Waals surface area contributed by atoms with Gasteiger partial charge in [0, 0.05) is 34.3 Å². The van der Waals surface area contributed by atoms with Gasteiger partial charge in [-0.15, -0.1) is 0 Å². The number of halogens is 1. The number of benzene rings is 3. The highest BCUT2D eigenvalue weighted by molar-refractivity contribution is 7.98. The first-order chi connectivity index (χ1) is 17.2. The van der Waals surface area contributed by atoms with E-state index in [2.05, 4.69) is 59.2 Å². The third kappa shape index (κ3) is 4.59. The number of amides is 1. The Balaban J connectivity index is 1.13. The zero-order chi connectivity index (χ0) is 23.8. The third-order valence-corrected chi connectivity index (χ3v) is 9.46. The van der Waals surface area contributed by atoms with E-state index in [1.54, 1.807) is 0 Å². The summed E-state index contributed by atoms with van der Waals surface area (Å²) in [5, 5.41) is 7.77. The molecule has 3 aromatic rings. The molecule has 0 radical (unpaired) electrons. The predicted molar refractivity (Wildman–Crippen MR) is 146 cm³/mol. The summed E-state index contributed by atoms with van der Waals surface area (Å²) in [6, 6.07) is 25.5. The van der Waals surface area contributed by atoms with Crippen molar-refractivity contribution in [3.05, 3.63) is 100 Å². The fourth-order valence-corrected chi connectivity index (χ4v) is 7.79. The molecule has 3 nitrogen and oxygen atoms in total. The van der Waals surface area contributed by atoms with Gasteiger partial charge in [0.1, 0.15) is 0 Å². The van der Waals surface area contributed by atoms with Crippen LogP contribution < -0.4 is 10.6 Å². The molecule has 3 aromatic carbocycles. The van der Waals surface area contributed by atoms with E-state index < -0.39 is 0 Å². The smallest absolute Gasteiger partial charge is 0.251 e. The highest BCUT2D eigenvalue weighted by Crippen LogP contribution is 2.63. The second kappa shape index (κ2) is 9.91. The van der Waals surface area contributed by atoms with Crippen LogP contribution in [0.3, 0.4) is 0 Å². The molecule has 0 aromatic heterocycles. The van der Waals surface area contributed by atoms with E-state index in [1.807, 2.05) is 36.0 Å². The quantitative estimate of drug-likeness (QED) is 0.333. The Bertz CT molecular complexity index is 1220. The van der Waals surface area contributed by atoms with Gasteiger partial charge in [0.05, 0.1) is 6.04 Å². The summed E-state index contributed by atoms with van der Waals surface area (Å²) < 4.78 is 0. The number of rotatable bonds is 7. The Morgan fingerprint density at radius 3 is 2.71 bits per heavy atom. The molecule has 0 unspecified atom stereocenters. The van der Waals surface area contributed by atoms with Crippen molar-refractivity contribution in [2.75, 3.05) is 17.6 Å². The number of thioether (sulfide) groups is 1. The first-order valence-corrected chi connectivity index (χ1v) is 14.3. The van der Waals surface area contributed by atoms with Gasteiger partial charge in [-0.25, -0.2) is 0 Å². The Labute approximate surface area is 217 Å². The molecule has 3 aliphatic rings. The first kappa shape index (κ1) is 23.0. The average Bonchev–Trinajstić information content (AvgIpc) is 3.51. The normalized spacial score (nSPS) is 26.0. The number of anilines is 1. The summed E-state index contributed by atoms with van der Waals surface area (Å²) in [5.74, 6) is 4.50. The van der Waals surface area contributed by atoms with Crippen LogP contribution >= 0.6 is 23.4 Å². The molecule has 1 heterocycles. The van der Waals surface area contributed by atoms with Crippen LogP contribution in [-0.2, 0) is 5.75 Å². The lowest BCUT2D eigenvalue weighted by Crippen LogP contribution is -2.35. The molecule has 2 saturated carbocycles. The largest absolute Gasteiger partial charge is 0.378 e. The Morgan fingerprint density at radius 1 is 1.00 bits per heavy atom. The third-order valence-electron chi connectivity index (χ3n) is 8.20. The molecule has 5 heteroatoms. The predicted octanol–water partition coefficient (Wildman–Crippen LogP) is 7.30. The highest BCUT2D eigenvalue weighted by atomic mass is 35.5. The van der Waals surface area contributed by atoms with Crippen LogP contribution in [-0.4, -0.2) is 18.2 Å². The molecule has 35 heavy (non-hydrogen) atoms. The van der Waals surface area contributed by atoms with E-state index in [9.17, 15) is 4.79 Å². The van der Waals surface area contributed by atoms with Crippen LogP contribution in [0.1, 0.15) is 58.3 Å². The molecule has 1 amide bonds. The van der Waals surface area contributed by atoms with E-state index in [0.29, 0.717) is 24.4 Å². The standard InChI is InChI=1S/C30H31ClN2OS/c31-24-8-4-5-19(15-24)18-35-14-13-32-30(34)23-11-12-26-25(17-23)27-21-9-10-22(16-21)28(27)29(33-26)20-6-2-1-3-7-20/h1-8,11-12,15,17,21-22,27-29,33H,9-10,13-14,16,18H2,(H,32,34)/t21-,22-,27-,28+,29-/m0/s1. The molecular formula is C30H31ClN2OS. The van der Waals surface area contributed by atoms with E-state index >= 15 is 0 Å². The number of carbonyl (C=O) groups excluding carboxylic acids is 1. The van der Waals surface area contributed by atoms with Gasteiger partial charge >= 0.3 is 0 Å². The van der Waals surface area contributed by atoms with Gasteiger partial charge < -0.3 is 10.6 Å². The molecule has 0 spiro atoms. The number of carbonyl (C=O) groups is 1. The van der Waals surface area contributed by atoms with Gasteiger partial charge in [-0.05, 0) is 90.0 Å². The van der Waals surface area contributed by atoms with Gasteiger partial charge in [0.25, 0.3) is 5.91 Å². The van der Waals surface area contributed by atoms with Crippen LogP contribution in [0.2, 0.25) is 5.02 Å². The topological polar surface area (TPSA) is 41.1 Å². The second-order valence-corrected chi connectivity index (χ2v) is 11.8. The first-order valence-electron chi connectivity index (χ1n) is 12.7. The van der Waals surface area contributed by atoms with Crippen molar-refractivity contribution in [3.8, 4) is 0 Å². The van der Waals surface area contributed by atoms with Gasteiger partial charge in [-0.1, -0.05) is 54.1 Å². The van der Waals surface area contributed by atoms with Gasteiger partial charge in [0.15, 0.2) is 0 Å². The Kier molecular flexibility index (Phi) is 6.51. The van der Waals surface area contributed by atoms with Gasteiger partial charge in [0.2, 0.25) is 0 Å². The number of hydrogen-bond donors (Lipinski definition) is 2. The van der Waals surface area contributed by atoms with Crippen LogP contribution in [0, 0.1) is 17.8 Å². The zero-order valence-electron chi connectivity index (χ0n) is 19.8. The van der Waals surface area contributed by atoms with E-state index in [1.165, 1.54) is 41.6 Å². The van der Waals surface area contributed by atoms with Crippen molar-refractivity contribution in [3.63, 3.8) is 0 Å².